The van der Waals surface area contributed by atoms with Crippen molar-refractivity contribution in [3.05, 3.63) is 81.2 Å². The Morgan fingerprint density at radius 3 is 2.55 bits per heavy atom. The lowest BCUT2D eigenvalue weighted by molar-refractivity contribution is -0.123. The molecule has 31 heavy (non-hydrogen) atoms. The zero-order valence-corrected chi connectivity index (χ0v) is 20.0. The van der Waals surface area contributed by atoms with Crippen molar-refractivity contribution in [2.75, 3.05) is 6.61 Å². The molecule has 0 aliphatic rings. The van der Waals surface area contributed by atoms with Crippen LogP contribution in [0.25, 0.3) is 16.8 Å². The van der Waals surface area contributed by atoms with Gasteiger partial charge in [0.15, 0.2) is 11.7 Å². The molecule has 3 aromatic rings. The van der Waals surface area contributed by atoms with Crippen LogP contribution in [0.2, 0.25) is 0 Å². The summed E-state index contributed by atoms with van der Waals surface area (Å²) in [4.78, 5) is 23.9. The number of ether oxygens (including phenoxy) is 1. The second kappa shape index (κ2) is 11.0. The molecule has 0 saturated carbocycles. The van der Waals surface area contributed by atoms with Gasteiger partial charge in [-0.3, -0.25) is 25.8 Å². The highest BCUT2D eigenvalue weighted by molar-refractivity contribution is 9.11. The van der Waals surface area contributed by atoms with Gasteiger partial charge in [0, 0.05) is 10.5 Å². The zero-order chi connectivity index (χ0) is 22.2. The van der Waals surface area contributed by atoms with E-state index in [2.05, 4.69) is 48.0 Å². The van der Waals surface area contributed by atoms with E-state index in [-0.39, 0.29) is 11.7 Å². The van der Waals surface area contributed by atoms with Gasteiger partial charge in [0.1, 0.15) is 5.75 Å². The van der Waals surface area contributed by atoms with E-state index in [1.165, 1.54) is 6.08 Å². The molecule has 0 aliphatic heterocycles. The van der Waals surface area contributed by atoms with Crippen LogP contribution in [0.1, 0.15) is 5.56 Å². The number of hydrazine groups is 1. The van der Waals surface area contributed by atoms with Crippen molar-refractivity contribution in [2.24, 2.45) is 0 Å². The summed E-state index contributed by atoms with van der Waals surface area (Å²) in [5, 5.41) is 4.40. The predicted molar refractivity (Wildman–Crippen MR) is 132 cm³/mol. The van der Waals surface area contributed by atoms with Crippen molar-refractivity contribution < 1.29 is 14.3 Å². The molecular weight excluding hydrogens is 546 g/mol. The molecule has 0 radical (unpaired) electrons. The molecule has 0 unspecified atom stereocenters. The van der Waals surface area contributed by atoms with E-state index < -0.39 is 11.8 Å². The minimum atomic E-state index is -0.459. The topological polar surface area (TPSA) is 79.5 Å². The van der Waals surface area contributed by atoms with Crippen molar-refractivity contribution in [3.63, 3.8) is 0 Å². The Kier molecular flexibility index (Phi) is 8.16. The molecule has 0 spiro atoms. The average Bonchev–Trinajstić information content (AvgIpc) is 2.76. The van der Waals surface area contributed by atoms with Gasteiger partial charge in [-0.2, -0.15) is 0 Å². The molecule has 9 heteroatoms. The first-order chi connectivity index (χ1) is 14.9. The zero-order valence-electron chi connectivity index (χ0n) is 16.0. The lowest BCUT2D eigenvalue weighted by Gasteiger charge is -2.12. The van der Waals surface area contributed by atoms with Crippen LogP contribution in [-0.2, 0) is 9.59 Å². The Balaban J connectivity index is 1.45. The third-order valence-electron chi connectivity index (χ3n) is 4.02. The first-order valence-electron chi connectivity index (χ1n) is 9.06. The van der Waals surface area contributed by atoms with Crippen molar-refractivity contribution in [1.29, 1.82) is 0 Å². The van der Waals surface area contributed by atoms with Gasteiger partial charge in [-0.05, 0) is 68.8 Å². The molecule has 2 amide bonds. The van der Waals surface area contributed by atoms with Gasteiger partial charge in [0.25, 0.3) is 5.91 Å². The van der Waals surface area contributed by atoms with E-state index in [1.54, 1.807) is 12.1 Å². The van der Waals surface area contributed by atoms with Crippen LogP contribution in [0, 0.1) is 0 Å². The number of hydrogen-bond acceptors (Lipinski definition) is 4. The summed E-state index contributed by atoms with van der Waals surface area (Å²) in [6.07, 6.45) is 3.01. The normalized spacial score (nSPS) is 10.6. The smallest absolute Gasteiger partial charge is 0.276 e. The van der Waals surface area contributed by atoms with Crippen molar-refractivity contribution >= 4 is 77.9 Å². The summed E-state index contributed by atoms with van der Waals surface area (Å²) < 4.78 is 7.32. The van der Waals surface area contributed by atoms with Crippen molar-refractivity contribution in [1.82, 2.24) is 16.2 Å². The van der Waals surface area contributed by atoms with Crippen LogP contribution in [-0.4, -0.2) is 23.5 Å². The molecule has 3 aromatic carbocycles. The van der Waals surface area contributed by atoms with Gasteiger partial charge >= 0.3 is 0 Å². The molecule has 0 heterocycles. The third-order valence-corrected chi connectivity index (χ3v) is 5.53. The highest BCUT2D eigenvalue weighted by Crippen LogP contribution is 2.34. The van der Waals surface area contributed by atoms with Crippen LogP contribution in [0.5, 0.6) is 5.75 Å². The number of carbonyl (C=O) groups excluding carboxylic acids is 2. The second-order valence-corrected chi connectivity index (χ2v) is 8.38. The molecule has 0 atom stereocenters. The van der Waals surface area contributed by atoms with Gasteiger partial charge in [0.2, 0.25) is 5.91 Å². The Bertz CT molecular complexity index is 1150. The van der Waals surface area contributed by atoms with Crippen LogP contribution in [0.4, 0.5) is 0 Å². The van der Waals surface area contributed by atoms with E-state index in [0.717, 1.165) is 25.3 Å². The fourth-order valence-electron chi connectivity index (χ4n) is 2.58. The predicted octanol–water partition coefficient (Wildman–Crippen LogP) is 4.48. The first kappa shape index (κ1) is 22.9. The summed E-state index contributed by atoms with van der Waals surface area (Å²) in [7, 11) is 0. The highest BCUT2D eigenvalue weighted by atomic mass is 79.9. The average molecular weight is 563 g/mol. The summed E-state index contributed by atoms with van der Waals surface area (Å²) >= 11 is 12.0. The fraction of sp³-hybridized carbons (Fsp3) is 0.0455. The maximum absolute atomic E-state index is 12.0. The van der Waals surface area contributed by atoms with E-state index in [0.29, 0.717) is 5.75 Å². The summed E-state index contributed by atoms with van der Waals surface area (Å²) in [5.41, 5.74) is 5.73. The number of benzene rings is 3. The van der Waals surface area contributed by atoms with Gasteiger partial charge < -0.3 is 4.74 Å². The molecule has 0 aromatic heterocycles. The Hall–Kier alpha value is -2.75. The number of amides is 2. The number of carbonyl (C=O) groups is 2. The minimum absolute atomic E-state index is 0.0338. The van der Waals surface area contributed by atoms with Crippen molar-refractivity contribution in [3.8, 4) is 5.75 Å². The Morgan fingerprint density at radius 2 is 1.77 bits per heavy atom. The molecule has 0 aliphatic carbocycles. The lowest BCUT2D eigenvalue weighted by atomic mass is 10.1. The molecule has 0 bridgehead atoms. The largest absolute Gasteiger partial charge is 0.483 e. The number of hydrogen-bond donors (Lipinski definition) is 3. The van der Waals surface area contributed by atoms with Gasteiger partial charge in [-0.25, -0.2) is 0 Å². The molecular formula is C22H17Br2N3O3S. The maximum Gasteiger partial charge on any atom is 0.276 e. The number of thiocarbonyl (C=S) groups is 1. The SMILES string of the molecule is O=C(C=Cc1ccccc1)NC(=S)NNC(=O)COc1ccc2cc(Br)ccc2c1Br. The van der Waals surface area contributed by atoms with Gasteiger partial charge in [0.05, 0.1) is 4.47 Å². The van der Waals surface area contributed by atoms with E-state index in [9.17, 15) is 9.59 Å². The van der Waals surface area contributed by atoms with Crippen LogP contribution >= 0.6 is 44.1 Å². The van der Waals surface area contributed by atoms with E-state index in [1.807, 2.05) is 54.6 Å². The third kappa shape index (κ3) is 6.88. The molecule has 6 nitrogen and oxygen atoms in total. The van der Waals surface area contributed by atoms with E-state index in [4.69, 9.17) is 17.0 Å². The summed E-state index contributed by atoms with van der Waals surface area (Å²) in [5.74, 6) is -0.343. The number of fused-ring (bicyclic) bond motifs is 1. The minimum Gasteiger partial charge on any atom is -0.483 e. The quantitative estimate of drug-likeness (QED) is 0.243. The van der Waals surface area contributed by atoms with E-state index >= 15 is 0 Å². The standard InChI is InChI=1S/C22H17Br2N3O3S/c23-16-8-9-17-15(12-16)7-10-18(21(17)24)30-13-20(29)26-27-22(31)25-19(28)11-6-14-4-2-1-3-5-14/h1-12H,13H2,(H,26,29)(H2,25,27,28,31). The fourth-order valence-corrected chi connectivity index (χ4v) is 3.72. The van der Waals surface area contributed by atoms with Crippen LogP contribution in [0.3, 0.4) is 0 Å². The molecule has 158 valence electrons. The monoisotopic (exact) mass is 561 g/mol. The van der Waals surface area contributed by atoms with Gasteiger partial charge in [-0.15, -0.1) is 0 Å². The van der Waals surface area contributed by atoms with Crippen LogP contribution in [0.15, 0.2) is 75.7 Å². The number of nitrogens with one attached hydrogen (secondary N) is 3. The Labute approximate surface area is 201 Å². The number of halogens is 2. The summed E-state index contributed by atoms with van der Waals surface area (Å²) in [6, 6.07) is 18.9. The second-order valence-electron chi connectivity index (χ2n) is 6.27. The maximum atomic E-state index is 12.0. The summed E-state index contributed by atoms with van der Waals surface area (Å²) in [6.45, 7) is -0.238. The highest BCUT2D eigenvalue weighted by Gasteiger charge is 2.10. The Morgan fingerprint density at radius 1 is 1.00 bits per heavy atom. The molecule has 3 rings (SSSR count). The molecule has 0 saturated heterocycles. The first-order valence-corrected chi connectivity index (χ1v) is 11.1. The molecule has 3 N–H and O–H groups in total. The van der Waals surface area contributed by atoms with Crippen molar-refractivity contribution in [2.45, 2.75) is 0 Å². The number of rotatable bonds is 5. The molecule has 0 fully saturated rings. The van der Waals surface area contributed by atoms with Gasteiger partial charge in [-0.1, -0.05) is 58.4 Å². The van der Waals surface area contributed by atoms with Crippen LogP contribution < -0.4 is 20.9 Å². The lowest BCUT2D eigenvalue weighted by Crippen LogP contribution is -2.49.